The van der Waals surface area contributed by atoms with Crippen molar-refractivity contribution in [2.24, 2.45) is 23.2 Å². The summed E-state index contributed by atoms with van der Waals surface area (Å²) in [4.78, 5) is 0. The first kappa shape index (κ1) is 9.99. The van der Waals surface area contributed by atoms with Gasteiger partial charge in [0.15, 0.2) is 0 Å². The van der Waals surface area contributed by atoms with E-state index in [9.17, 15) is 5.11 Å². The Morgan fingerprint density at radius 3 is 1.88 bits per heavy atom. The smallest absolute Gasteiger partial charge is 0.106 e. The maximum Gasteiger partial charge on any atom is 0.106 e. The average Bonchev–Trinajstić information content (AvgIpc) is 2.79. The first-order valence-corrected chi connectivity index (χ1v) is 7.04. The van der Waals surface area contributed by atoms with Crippen molar-refractivity contribution in [3.63, 3.8) is 0 Å². The molecule has 0 heterocycles. The molecule has 5 aliphatic rings. The van der Waals surface area contributed by atoms with Gasteiger partial charge in [0.2, 0.25) is 0 Å². The number of hydrogen-bond acceptors (Lipinski definition) is 1. The van der Waals surface area contributed by atoms with Gasteiger partial charge in [-0.05, 0) is 56.3 Å². The molecule has 4 fully saturated rings. The van der Waals surface area contributed by atoms with Gasteiger partial charge in [0.05, 0.1) is 0 Å². The minimum absolute atomic E-state index is 0.156. The normalized spacial score (nSPS) is 45.9. The van der Waals surface area contributed by atoms with E-state index in [1.807, 2.05) is 12.2 Å². The lowest BCUT2D eigenvalue weighted by molar-refractivity contribution is -0.0510. The van der Waals surface area contributed by atoms with E-state index in [-0.39, 0.29) is 5.41 Å². The maximum atomic E-state index is 10.7. The van der Waals surface area contributed by atoms with Crippen molar-refractivity contribution in [2.75, 3.05) is 0 Å². The monoisotopic (exact) mass is 228 g/mol. The van der Waals surface area contributed by atoms with E-state index in [1.54, 1.807) is 0 Å². The molecule has 17 heavy (non-hydrogen) atoms. The molecule has 5 aliphatic carbocycles. The summed E-state index contributed by atoms with van der Waals surface area (Å²) in [7, 11) is 0. The van der Waals surface area contributed by atoms with Crippen LogP contribution in [0, 0.1) is 23.2 Å². The highest BCUT2D eigenvalue weighted by Crippen LogP contribution is 2.62. The molecular formula is C16H20O. The van der Waals surface area contributed by atoms with Crippen LogP contribution in [0.4, 0.5) is 0 Å². The molecule has 0 radical (unpaired) electrons. The van der Waals surface area contributed by atoms with Crippen molar-refractivity contribution < 1.29 is 5.11 Å². The quantitative estimate of drug-likeness (QED) is 0.669. The topological polar surface area (TPSA) is 20.2 Å². The number of hydrogen-bond donors (Lipinski definition) is 1. The zero-order valence-corrected chi connectivity index (χ0v) is 10.2. The predicted molar refractivity (Wildman–Crippen MR) is 68.5 cm³/mol. The Kier molecular flexibility index (Phi) is 1.93. The third-order valence-electron chi connectivity index (χ3n) is 5.48. The fourth-order valence-corrected chi connectivity index (χ4v) is 5.24. The van der Waals surface area contributed by atoms with Crippen LogP contribution in [0.25, 0.3) is 0 Å². The van der Waals surface area contributed by atoms with Gasteiger partial charge in [-0.3, -0.25) is 0 Å². The van der Waals surface area contributed by atoms with Crippen molar-refractivity contribution in [1.82, 2.24) is 0 Å². The summed E-state index contributed by atoms with van der Waals surface area (Å²) in [5, 5.41) is 10.7. The summed E-state index contributed by atoms with van der Waals surface area (Å²) < 4.78 is 0. The molecule has 0 spiro atoms. The Hall–Kier alpha value is -0.980. The summed E-state index contributed by atoms with van der Waals surface area (Å²) in [6.07, 6.45) is 16.2. The van der Waals surface area contributed by atoms with Crippen molar-refractivity contribution in [2.45, 2.75) is 38.5 Å². The van der Waals surface area contributed by atoms with Gasteiger partial charge in [0, 0.05) is 11.0 Å². The number of rotatable bonds is 1. The minimum Gasteiger partial charge on any atom is -0.511 e. The molecule has 4 saturated carbocycles. The second kappa shape index (κ2) is 3.28. The third kappa shape index (κ3) is 1.38. The Morgan fingerprint density at radius 1 is 0.941 bits per heavy atom. The lowest BCUT2D eigenvalue weighted by Gasteiger charge is -2.56. The van der Waals surface area contributed by atoms with Gasteiger partial charge in [-0.1, -0.05) is 24.3 Å². The molecule has 0 amide bonds. The fraction of sp³-hybridized carbons (Fsp3) is 0.625. The van der Waals surface area contributed by atoms with Crippen LogP contribution in [-0.4, -0.2) is 5.11 Å². The molecule has 0 aromatic rings. The van der Waals surface area contributed by atoms with Crippen LogP contribution in [0.1, 0.15) is 38.5 Å². The van der Waals surface area contributed by atoms with Crippen LogP contribution in [0.2, 0.25) is 0 Å². The molecule has 1 N–H and O–H groups in total. The van der Waals surface area contributed by atoms with E-state index >= 15 is 0 Å². The first-order chi connectivity index (χ1) is 8.25. The molecule has 4 bridgehead atoms. The molecule has 0 atom stereocenters. The molecule has 0 aromatic carbocycles. The zero-order chi connectivity index (χ0) is 11.5. The van der Waals surface area contributed by atoms with Gasteiger partial charge in [-0.25, -0.2) is 0 Å². The van der Waals surface area contributed by atoms with Crippen LogP contribution >= 0.6 is 0 Å². The lowest BCUT2D eigenvalue weighted by atomic mass is 9.49. The molecule has 1 nitrogen and oxygen atoms in total. The second-order valence-corrected chi connectivity index (χ2v) is 6.72. The molecule has 90 valence electrons. The number of allylic oxidation sites excluding steroid dienone is 6. The van der Waals surface area contributed by atoms with Crippen LogP contribution in [0.15, 0.2) is 35.6 Å². The van der Waals surface area contributed by atoms with Crippen molar-refractivity contribution in [3.05, 3.63) is 35.6 Å². The van der Waals surface area contributed by atoms with Crippen LogP contribution in [-0.2, 0) is 0 Å². The second-order valence-electron chi connectivity index (χ2n) is 6.72. The molecule has 0 saturated heterocycles. The average molecular weight is 228 g/mol. The van der Waals surface area contributed by atoms with Gasteiger partial charge in [0.1, 0.15) is 5.76 Å². The van der Waals surface area contributed by atoms with Gasteiger partial charge < -0.3 is 5.11 Å². The van der Waals surface area contributed by atoms with E-state index in [0.717, 1.165) is 23.3 Å². The molecule has 0 aromatic heterocycles. The van der Waals surface area contributed by atoms with Gasteiger partial charge in [0.25, 0.3) is 0 Å². The summed E-state index contributed by atoms with van der Waals surface area (Å²) in [6, 6.07) is 0. The molecule has 0 unspecified atom stereocenters. The Balaban J connectivity index is 1.75. The predicted octanol–water partition coefficient (Wildman–Crippen LogP) is 4.14. The third-order valence-corrected chi connectivity index (χ3v) is 5.48. The molecule has 1 heteroatoms. The van der Waals surface area contributed by atoms with E-state index in [4.69, 9.17) is 0 Å². The van der Waals surface area contributed by atoms with Gasteiger partial charge >= 0.3 is 0 Å². The molecular weight excluding hydrogens is 208 g/mol. The summed E-state index contributed by atoms with van der Waals surface area (Å²) in [5.74, 6) is 3.41. The number of aliphatic hydroxyl groups is 1. The van der Waals surface area contributed by atoms with Crippen molar-refractivity contribution in [1.29, 1.82) is 0 Å². The van der Waals surface area contributed by atoms with Crippen molar-refractivity contribution in [3.8, 4) is 0 Å². The highest BCUT2D eigenvalue weighted by molar-refractivity contribution is 5.43. The Bertz CT molecular complexity index is 389. The van der Waals surface area contributed by atoms with E-state index in [2.05, 4.69) is 12.2 Å². The fourth-order valence-electron chi connectivity index (χ4n) is 5.24. The first-order valence-electron chi connectivity index (χ1n) is 7.04. The zero-order valence-electron chi connectivity index (χ0n) is 10.2. The molecule has 0 aliphatic heterocycles. The summed E-state index contributed by atoms with van der Waals surface area (Å²) in [6.45, 7) is 0. The van der Waals surface area contributed by atoms with Crippen LogP contribution in [0.5, 0.6) is 0 Å². The molecule has 5 rings (SSSR count). The lowest BCUT2D eigenvalue weighted by Crippen LogP contribution is -2.47. The van der Waals surface area contributed by atoms with Gasteiger partial charge in [-0.15, -0.1) is 0 Å². The highest BCUT2D eigenvalue weighted by atomic mass is 16.3. The van der Waals surface area contributed by atoms with Crippen molar-refractivity contribution >= 4 is 0 Å². The highest BCUT2D eigenvalue weighted by Gasteiger charge is 2.53. The Morgan fingerprint density at radius 2 is 1.41 bits per heavy atom. The summed E-state index contributed by atoms with van der Waals surface area (Å²) >= 11 is 0. The van der Waals surface area contributed by atoms with E-state index < -0.39 is 0 Å². The minimum atomic E-state index is 0.156. The maximum absolute atomic E-state index is 10.7. The van der Waals surface area contributed by atoms with Crippen LogP contribution < -0.4 is 0 Å². The van der Waals surface area contributed by atoms with Gasteiger partial charge in [-0.2, -0.15) is 0 Å². The summed E-state index contributed by atoms with van der Waals surface area (Å²) in [5.41, 5.74) is 1.23. The van der Waals surface area contributed by atoms with E-state index in [1.165, 1.54) is 38.5 Å². The Labute approximate surface area is 103 Å². The van der Waals surface area contributed by atoms with E-state index in [0.29, 0.717) is 5.76 Å². The SMILES string of the molecule is OC(=C1C=CC=C1)C12CC3CC(CC(C3)C1)C2. The van der Waals surface area contributed by atoms with Crippen LogP contribution in [0.3, 0.4) is 0 Å². The largest absolute Gasteiger partial charge is 0.511 e. The number of aliphatic hydroxyl groups excluding tert-OH is 1. The standard InChI is InChI=1S/C16H20O/c17-15(14-3-1-2-4-14)16-8-11-5-12(9-16)7-13(6-11)10-16/h1-4,11-13,17H,5-10H2.